The Morgan fingerprint density at radius 1 is 1.33 bits per heavy atom. The monoisotopic (exact) mass is 308 g/mol. The molecule has 2 rings (SSSR count). The Labute approximate surface area is 123 Å². The molecule has 0 aliphatic carbocycles. The zero-order chi connectivity index (χ0) is 15.6. The van der Waals surface area contributed by atoms with Gasteiger partial charge in [0.1, 0.15) is 16.4 Å². The SMILES string of the molecule is CNS(=O)(=O)c1cc(C(=O)Nc2ccc(C)cn2)n(C)c1. The van der Waals surface area contributed by atoms with Gasteiger partial charge in [-0.25, -0.2) is 18.1 Å². The first-order chi connectivity index (χ1) is 9.83. The largest absolute Gasteiger partial charge is 0.345 e. The van der Waals surface area contributed by atoms with Gasteiger partial charge in [0.15, 0.2) is 0 Å². The summed E-state index contributed by atoms with van der Waals surface area (Å²) in [5, 5.41) is 2.62. The second-order valence-electron chi connectivity index (χ2n) is 4.55. The van der Waals surface area contributed by atoms with Crippen LogP contribution in [0.2, 0.25) is 0 Å². The van der Waals surface area contributed by atoms with Crippen LogP contribution in [0.5, 0.6) is 0 Å². The van der Waals surface area contributed by atoms with E-state index in [1.54, 1.807) is 19.3 Å². The van der Waals surface area contributed by atoms with Crippen molar-refractivity contribution in [3.63, 3.8) is 0 Å². The minimum atomic E-state index is -3.58. The molecule has 112 valence electrons. The van der Waals surface area contributed by atoms with E-state index in [0.717, 1.165) is 5.56 Å². The highest BCUT2D eigenvalue weighted by Crippen LogP contribution is 2.14. The average Bonchev–Trinajstić information content (AvgIpc) is 2.84. The van der Waals surface area contributed by atoms with E-state index in [1.165, 1.54) is 23.9 Å². The summed E-state index contributed by atoms with van der Waals surface area (Å²) in [6.07, 6.45) is 3.01. The lowest BCUT2D eigenvalue weighted by Gasteiger charge is -2.05. The molecular weight excluding hydrogens is 292 g/mol. The van der Waals surface area contributed by atoms with Crippen molar-refractivity contribution in [3.8, 4) is 0 Å². The molecule has 2 aromatic heterocycles. The summed E-state index contributed by atoms with van der Waals surface area (Å²) in [6.45, 7) is 1.89. The first-order valence-corrected chi connectivity index (χ1v) is 7.66. The van der Waals surface area contributed by atoms with Crippen LogP contribution in [0, 0.1) is 6.92 Å². The highest BCUT2D eigenvalue weighted by atomic mass is 32.2. The molecule has 0 aromatic carbocycles. The number of aromatic nitrogens is 2. The van der Waals surface area contributed by atoms with Crippen LogP contribution in [0.1, 0.15) is 16.1 Å². The molecular formula is C13H16N4O3S. The van der Waals surface area contributed by atoms with Crippen LogP contribution in [-0.4, -0.2) is 30.9 Å². The van der Waals surface area contributed by atoms with Crippen molar-refractivity contribution in [1.82, 2.24) is 14.3 Å². The van der Waals surface area contributed by atoms with Crippen molar-refractivity contribution in [2.45, 2.75) is 11.8 Å². The van der Waals surface area contributed by atoms with Crippen LogP contribution in [0.15, 0.2) is 35.5 Å². The highest BCUT2D eigenvalue weighted by molar-refractivity contribution is 7.89. The molecule has 2 heterocycles. The number of carbonyl (C=O) groups is 1. The molecule has 0 saturated carbocycles. The number of nitrogens with one attached hydrogen (secondary N) is 2. The number of nitrogens with zero attached hydrogens (tertiary/aromatic N) is 2. The summed E-state index contributed by atoms with van der Waals surface area (Å²) >= 11 is 0. The van der Waals surface area contributed by atoms with E-state index in [2.05, 4.69) is 15.0 Å². The Bertz CT molecular complexity index is 763. The van der Waals surface area contributed by atoms with Crippen LogP contribution in [0.3, 0.4) is 0 Å². The Morgan fingerprint density at radius 2 is 2.05 bits per heavy atom. The van der Waals surface area contributed by atoms with Gasteiger partial charge in [-0.1, -0.05) is 6.07 Å². The first kappa shape index (κ1) is 15.2. The summed E-state index contributed by atoms with van der Waals surface area (Å²) in [5.41, 5.74) is 1.21. The van der Waals surface area contributed by atoms with Crippen molar-refractivity contribution in [3.05, 3.63) is 41.9 Å². The molecule has 8 heteroatoms. The minimum absolute atomic E-state index is 0.0366. The predicted octanol–water partition coefficient (Wildman–Crippen LogP) is 0.889. The maximum atomic E-state index is 12.2. The topological polar surface area (TPSA) is 93.1 Å². The van der Waals surface area contributed by atoms with Crippen molar-refractivity contribution >= 4 is 21.7 Å². The standard InChI is InChI=1S/C13H16N4O3S/c1-9-4-5-12(15-7-9)16-13(18)11-6-10(8-17(11)3)21(19,20)14-2/h4-8,14H,1-3H3,(H,15,16,18). The van der Waals surface area contributed by atoms with Crippen LogP contribution < -0.4 is 10.0 Å². The molecule has 0 radical (unpaired) electrons. The minimum Gasteiger partial charge on any atom is -0.345 e. The van der Waals surface area contributed by atoms with Gasteiger partial charge in [0.2, 0.25) is 10.0 Å². The van der Waals surface area contributed by atoms with E-state index in [4.69, 9.17) is 0 Å². The Morgan fingerprint density at radius 3 is 2.62 bits per heavy atom. The fourth-order valence-electron chi connectivity index (χ4n) is 1.75. The summed E-state index contributed by atoms with van der Waals surface area (Å²) < 4.78 is 27.1. The third-order valence-electron chi connectivity index (χ3n) is 2.94. The smallest absolute Gasteiger partial charge is 0.273 e. The maximum absolute atomic E-state index is 12.2. The zero-order valence-electron chi connectivity index (χ0n) is 11.9. The fraction of sp³-hybridized carbons (Fsp3) is 0.231. The van der Waals surface area contributed by atoms with Gasteiger partial charge in [0.25, 0.3) is 5.91 Å². The lowest BCUT2D eigenvalue weighted by Crippen LogP contribution is -2.18. The van der Waals surface area contributed by atoms with Gasteiger partial charge in [-0.2, -0.15) is 0 Å². The second kappa shape index (κ2) is 5.66. The summed E-state index contributed by atoms with van der Waals surface area (Å²) in [4.78, 5) is 16.3. The number of hydrogen-bond acceptors (Lipinski definition) is 4. The summed E-state index contributed by atoms with van der Waals surface area (Å²) in [5.74, 6) is -0.0174. The van der Waals surface area contributed by atoms with Crippen molar-refractivity contribution < 1.29 is 13.2 Å². The van der Waals surface area contributed by atoms with E-state index in [0.29, 0.717) is 5.82 Å². The van der Waals surface area contributed by atoms with Crippen LogP contribution in [-0.2, 0) is 17.1 Å². The average molecular weight is 308 g/mol. The molecule has 0 atom stereocenters. The lowest BCUT2D eigenvalue weighted by molar-refractivity contribution is 0.101. The molecule has 0 fully saturated rings. The number of carbonyl (C=O) groups excluding carboxylic acids is 1. The zero-order valence-corrected chi connectivity index (χ0v) is 12.7. The number of aryl methyl sites for hydroxylation is 2. The van der Waals surface area contributed by atoms with E-state index in [-0.39, 0.29) is 10.6 Å². The number of hydrogen-bond donors (Lipinski definition) is 2. The molecule has 0 aliphatic heterocycles. The van der Waals surface area contributed by atoms with Gasteiger partial charge in [-0.15, -0.1) is 0 Å². The van der Waals surface area contributed by atoms with Crippen molar-refractivity contribution in [2.24, 2.45) is 7.05 Å². The first-order valence-electron chi connectivity index (χ1n) is 6.17. The van der Waals surface area contributed by atoms with Gasteiger partial charge < -0.3 is 9.88 Å². The summed E-state index contributed by atoms with van der Waals surface area (Å²) in [6, 6.07) is 4.82. The molecule has 0 unspecified atom stereocenters. The molecule has 7 nitrogen and oxygen atoms in total. The number of pyridine rings is 1. The van der Waals surface area contributed by atoms with Crippen LogP contribution in [0.25, 0.3) is 0 Å². The molecule has 1 amide bonds. The normalized spacial score (nSPS) is 11.4. The third kappa shape index (κ3) is 3.29. The van der Waals surface area contributed by atoms with E-state index in [9.17, 15) is 13.2 Å². The van der Waals surface area contributed by atoms with E-state index in [1.807, 2.05) is 13.0 Å². The highest BCUT2D eigenvalue weighted by Gasteiger charge is 2.19. The van der Waals surface area contributed by atoms with Gasteiger partial charge >= 0.3 is 0 Å². The molecule has 0 spiro atoms. The Hall–Kier alpha value is -2.19. The van der Waals surface area contributed by atoms with Crippen LogP contribution in [0.4, 0.5) is 5.82 Å². The van der Waals surface area contributed by atoms with Crippen molar-refractivity contribution in [2.75, 3.05) is 12.4 Å². The second-order valence-corrected chi connectivity index (χ2v) is 6.44. The van der Waals surface area contributed by atoms with Gasteiger partial charge in [-0.05, 0) is 31.7 Å². The number of amides is 1. The summed E-state index contributed by atoms with van der Waals surface area (Å²) in [7, 11) is -0.657. The van der Waals surface area contributed by atoms with E-state index >= 15 is 0 Å². The molecule has 2 N–H and O–H groups in total. The van der Waals surface area contributed by atoms with Gasteiger partial charge in [-0.3, -0.25) is 4.79 Å². The molecule has 0 aliphatic rings. The third-order valence-corrected chi connectivity index (χ3v) is 4.33. The predicted molar refractivity (Wildman–Crippen MR) is 78.6 cm³/mol. The maximum Gasteiger partial charge on any atom is 0.273 e. The molecule has 2 aromatic rings. The molecule has 0 bridgehead atoms. The number of rotatable bonds is 4. The number of anilines is 1. The fourth-order valence-corrected chi connectivity index (χ4v) is 2.55. The quantitative estimate of drug-likeness (QED) is 0.877. The van der Waals surface area contributed by atoms with E-state index < -0.39 is 15.9 Å². The molecule has 21 heavy (non-hydrogen) atoms. The molecule has 0 saturated heterocycles. The lowest BCUT2D eigenvalue weighted by atomic mass is 10.3. The van der Waals surface area contributed by atoms with Gasteiger partial charge in [0, 0.05) is 19.4 Å². The Kier molecular flexibility index (Phi) is 4.10. The van der Waals surface area contributed by atoms with Gasteiger partial charge in [0.05, 0.1) is 0 Å². The van der Waals surface area contributed by atoms with Crippen molar-refractivity contribution in [1.29, 1.82) is 0 Å². The van der Waals surface area contributed by atoms with Crippen LogP contribution >= 0.6 is 0 Å². The Balaban J connectivity index is 2.26. The number of sulfonamides is 1.